The summed E-state index contributed by atoms with van der Waals surface area (Å²) in [5.74, 6) is 1.26. The van der Waals surface area contributed by atoms with Crippen LogP contribution in [0.2, 0.25) is 0 Å². The second-order valence-electron chi connectivity index (χ2n) is 18.0. The summed E-state index contributed by atoms with van der Waals surface area (Å²) in [6, 6.07) is 24.7. The van der Waals surface area contributed by atoms with E-state index in [4.69, 9.17) is 4.98 Å². The van der Waals surface area contributed by atoms with Crippen LogP contribution in [0.4, 0.5) is 5.69 Å². The molecular weight excluding hydrogens is 793 g/mol. The molecule has 344 valence electrons. The Balaban J connectivity index is 0.000000481. The van der Waals surface area contributed by atoms with Crippen molar-refractivity contribution in [3.63, 3.8) is 0 Å². The van der Waals surface area contributed by atoms with Crippen LogP contribution in [0.5, 0.6) is 0 Å². The van der Waals surface area contributed by atoms with Gasteiger partial charge in [0, 0.05) is 73.2 Å². The summed E-state index contributed by atoms with van der Waals surface area (Å²) < 4.78 is 2.33. The van der Waals surface area contributed by atoms with Gasteiger partial charge in [-0.05, 0) is 132 Å². The van der Waals surface area contributed by atoms with Crippen molar-refractivity contribution in [2.24, 2.45) is 11.3 Å². The number of hydrogen-bond acceptors (Lipinski definition) is 5. The molecule has 6 rings (SSSR count). The highest BCUT2D eigenvalue weighted by Gasteiger charge is 2.28. The second-order valence-corrected chi connectivity index (χ2v) is 18.0. The summed E-state index contributed by atoms with van der Waals surface area (Å²) in [6.07, 6.45) is 9.76. The molecule has 64 heavy (non-hydrogen) atoms. The van der Waals surface area contributed by atoms with Crippen molar-refractivity contribution in [1.29, 1.82) is 0 Å². The molecule has 0 unspecified atom stereocenters. The highest BCUT2D eigenvalue weighted by Crippen LogP contribution is 2.31. The number of aromatic nitrogens is 2. The molecule has 9 nitrogen and oxygen atoms in total. The maximum absolute atomic E-state index is 14.1. The predicted octanol–water partition coefficient (Wildman–Crippen LogP) is 11.0. The fourth-order valence-electron chi connectivity index (χ4n) is 8.27. The number of aryl methyl sites for hydroxylation is 2. The SMILES string of the molecule is C=C/C=C(\C)N(CC)C(=O)/C(C)=C/C.CC.Cc1cc(C(=O)N2CCc3nc(C)n(Cc4ccccc4)c3Cc3ccccc32)ccc1CNC(=O)C1CCN(CCC(C)(C)C)CC1. The predicted molar refractivity (Wildman–Crippen MR) is 266 cm³/mol. The number of nitrogens with zero attached hydrogens (tertiary/aromatic N) is 5. The van der Waals surface area contributed by atoms with Crippen molar-refractivity contribution in [2.45, 2.75) is 121 Å². The Kier molecular flexibility index (Phi) is 19.6. The Morgan fingerprint density at radius 1 is 0.938 bits per heavy atom. The molecule has 0 aliphatic carbocycles. The number of fused-ring (bicyclic) bond motifs is 2. The van der Waals surface area contributed by atoms with E-state index in [0.717, 1.165) is 90.6 Å². The number of benzene rings is 3. The minimum absolute atomic E-state index is 0.0109. The molecule has 0 saturated carbocycles. The molecule has 9 heteroatoms. The Bertz CT molecular complexity index is 2240. The van der Waals surface area contributed by atoms with E-state index < -0.39 is 0 Å². The van der Waals surface area contributed by atoms with Gasteiger partial charge in [0.2, 0.25) is 5.91 Å². The van der Waals surface area contributed by atoms with Crippen molar-refractivity contribution in [2.75, 3.05) is 37.6 Å². The minimum Gasteiger partial charge on any atom is -0.352 e. The van der Waals surface area contributed by atoms with Gasteiger partial charge in [0.25, 0.3) is 11.8 Å². The van der Waals surface area contributed by atoms with Crippen molar-refractivity contribution in [1.82, 2.24) is 24.7 Å². The van der Waals surface area contributed by atoms with Gasteiger partial charge >= 0.3 is 0 Å². The molecule has 0 atom stereocenters. The lowest BCUT2D eigenvalue weighted by molar-refractivity contribution is -0.127. The lowest BCUT2D eigenvalue weighted by Gasteiger charge is -2.33. The van der Waals surface area contributed by atoms with Crippen LogP contribution in [0.15, 0.2) is 109 Å². The number of amides is 3. The van der Waals surface area contributed by atoms with E-state index in [9.17, 15) is 14.4 Å². The molecular formula is C55H76N6O3. The van der Waals surface area contributed by atoms with E-state index in [1.807, 2.05) is 95.8 Å². The number of allylic oxidation sites excluding steroid dienone is 4. The molecule has 0 spiro atoms. The zero-order chi connectivity index (χ0) is 47.0. The van der Waals surface area contributed by atoms with Crippen LogP contribution in [-0.4, -0.2) is 69.8 Å². The van der Waals surface area contributed by atoms with Gasteiger partial charge in [-0.3, -0.25) is 14.4 Å². The lowest BCUT2D eigenvalue weighted by atomic mass is 9.90. The summed E-state index contributed by atoms with van der Waals surface area (Å²) in [4.78, 5) is 50.2. The number of nitrogens with one attached hydrogen (secondary N) is 1. The quantitative estimate of drug-likeness (QED) is 0.113. The number of anilines is 1. The molecule has 3 amide bonds. The highest BCUT2D eigenvalue weighted by molar-refractivity contribution is 6.06. The Labute approximate surface area is 385 Å². The molecule has 1 aromatic heterocycles. The number of imidazole rings is 1. The van der Waals surface area contributed by atoms with Crippen LogP contribution >= 0.6 is 0 Å². The average Bonchev–Trinajstić information content (AvgIpc) is 3.57. The third kappa shape index (κ3) is 14.0. The number of likely N-dealkylation sites (N-methyl/N-ethyl adjacent to an activating group) is 1. The molecule has 2 aliphatic heterocycles. The summed E-state index contributed by atoms with van der Waals surface area (Å²) in [5, 5.41) is 3.19. The number of rotatable bonds is 12. The van der Waals surface area contributed by atoms with Crippen LogP contribution < -0.4 is 10.2 Å². The zero-order valence-electron chi connectivity index (χ0n) is 40.9. The van der Waals surface area contributed by atoms with Gasteiger partial charge in [0.1, 0.15) is 5.82 Å². The number of hydrogen-bond donors (Lipinski definition) is 1. The number of carbonyl (C=O) groups is 3. The first-order valence-electron chi connectivity index (χ1n) is 23.5. The van der Waals surface area contributed by atoms with Gasteiger partial charge in [-0.2, -0.15) is 0 Å². The maximum atomic E-state index is 14.1. The Morgan fingerprint density at radius 2 is 1.61 bits per heavy atom. The zero-order valence-corrected chi connectivity index (χ0v) is 40.9. The van der Waals surface area contributed by atoms with E-state index >= 15 is 0 Å². The van der Waals surface area contributed by atoms with Crippen LogP contribution in [0, 0.1) is 25.2 Å². The maximum Gasteiger partial charge on any atom is 0.258 e. The highest BCUT2D eigenvalue weighted by atomic mass is 16.2. The van der Waals surface area contributed by atoms with Gasteiger partial charge in [-0.1, -0.05) is 108 Å². The fourth-order valence-corrected chi connectivity index (χ4v) is 8.27. The van der Waals surface area contributed by atoms with Crippen molar-refractivity contribution < 1.29 is 14.4 Å². The molecule has 4 aromatic rings. The van der Waals surface area contributed by atoms with Crippen LogP contribution in [0.25, 0.3) is 0 Å². The first-order valence-corrected chi connectivity index (χ1v) is 23.5. The van der Waals surface area contributed by atoms with E-state index in [-0.39, 0.29) is 23.6 Å². The minimum atomic E-state index is -0.0109. The normalized spacial score (nSPS) is 14.6. The monoisotopic (exact) mass is 869 g/mol. The molecule has 2 aliphatic rings. The van der Waals surface area contributed by atoms with E-state index in [1.165, 1.54) is 17.7 Å². The number of piperidine rings is 1. The third-order valence-electron chi connectivity index (χ3n) is 12.3. The first kappa shape index (κ1) is 51.1. The average molecular weight is 869 g/mol. The summed E-state index contributed by atoms with van der Waals surface area (Å²) >= 11 is 0. The largest absolute Gasteiger partial charge is 0.352 e. The first-order chi connectivity index (χ1) is 30.6. The molecule has 3 aromatic carbocycles. The molecule has 0 bridgehead atoms. The Hall–Kier alpha value is -5.54. The molecule has 1 N–H and O–H groups in total. The fraction of sp³-hybridized carbons (Fsp3) is 0.455. The van der Waals surface area contributed by atoms with Gasteiger partial charge in [-0.25, -0.2) is 4.98 Å². The number of likely N-dealkylation sites (tertiary alicyclic amines) is 1. The van der Waals surface area contributed by atoms with Crippen molar-refractivity contribution >= 4 is 23.4 Å². The summed E-state index contributed by atoms with van der Waals surface area (Å²) in [5.41, 5.74) is 10.4. The summed E-state index contributed by atoms with van der Waals surface area (Å²) in [6.45, 7) is 31.7. The molecule has 1 saturated heterocycles. The molecule has 1 fully saturated rings. The lowest BCUT2D eigenvalue weighted by Crippen LogP contribution is -2.41. The van der Waals surface area contributed by atoms with Gasteiger partial charge < -0.3 is 24.6 Å². The van der Waals surface area contributed by atoms with E-state index in [2.05, 4.69) is 91.5 Å². The van der Waals surface area contributed by atoms with E-state index in [1.54, 1.807) is 11.0 Å². The Morgan fingerprint density at radius 3 is 2.23 bits per heavy atom. The van der Waals surface area contributed by atoms with Crippen LogP contribution in [0.1, 0.15) is 131 Å². The van der Waals surface area contributed by atoms with Crippen LogP contribution in [0.3, 0.4) is 0 Å². The van der Waals surface area contributed by atoms with Gasteiger partial charge in [0.05, 0.1) is 5.69 Å². The third-order valence-corrected chi connectivity index (χ3v) is 12.3. The summed E-state index contributed by atoms with van der Waals surface area (Å²) in [7, 11) is 0. The smallest absolute Gasteiger partial charge is 0.258 e. The standard InChI is InChI=1S/C41H51N5O2.C12H19NO.C2H6/c1-29-25-34(15-16-35(29)27-42-39(47)32-17-21-44(22-18-32)24-20-41(3,4)5)40(48)45-23-19-36-38(26-33-13-9-10-14-37(33)45)46(30(2)43-36)28-31-11-7-6-8-12-31;1-6-9-11(5)13(8-3)12(14)10(4)7-2;1-2/h6-16,25,32H,17-24,26-28H2,1-5H3,(H,42,47);6-7,9H,1,8H2,2-5H3;1-2H3/b;10-7+,11-9+;. The van der Waals surface area contributed by atoms with Crippen molar-refractivity contribution in [3.05, 3.63) is 154 Å². The van der Waals surface area contributed by atoms with E-state index in [0.29, 0.717) is 37.0 Å². The van der Waals surface area contributed by atoms with Gasteiger partial charge in [-0.15, -0.1) is 0 Å². The van der Waals surface area contributed by atoms with Gasteiger partial charge in [0.15, 0.2) is 0 Å². The number of para-hydroxylation sites is 1. The molecule has 0 radical (unpaired) electrons. The van der Waals surface area contributed by atoms with Crippen LogP contribution in [-0.2, 0) is 35.5 Å². The number of carbonyl (C=O) groups excluding carboxylic acids is 3. The van der Waals surface area contributed by atoms with Crippen molar-refractivity contribution in [3.8, 4) is 0 Å². The molecule has 3 heterocycles. The topological polar surface area (TPSA) is 90.8 Å². The second kappa shape index (κ2) is 24.5.